The van der Waals surface area contributed by atoms with Gasteiger partial charge in [-0.15, -0.1) is 0 Å². The van der Waals surface area contributed by atoms with Crippen LogP contribution in [0.25, 0.3) is 0 Å². The molecule has 3 atom stereocenters. The average Bonchev–Trinajstić information content (AvgIpc) is 2.79. The molecule has 0 saturated carbocycles. The number of ketones is 2. The summed E-state index contributed by atoms with van der Waals surface area (Å²) in [7, 11) is 0. The summed E-state index contributed by atoms with van der Waals surface area (Å²) >= 11 is 0. The standard InChI is InChI=1S/C26H24FNO4/c1-15-20(9-4-10-23(15)27)24-21(25(31)16-5-2-7-18(29)11-16)13-28-14-22(24)26(32)17-6-3-8-19(30)12-17/h2-12,21-22,24,28-30H,13-14H2,1H3/t21-,22+,24?. The van der Waals surface area contributed by atoms with Gasteiger partial charge in [0.2, 0.25) is 0 Å². The molecule has 1 fully saturated rings. The minimum atomic E-state index is -0.641. The van der Waals surface area contributed by atoms with Gasteiger partial charge in [-0.1, -0.05) is 36.4 Å². The number of Topliss-reactive ketones (excluding diaryl/α,β-unsaturated/α-hetero) is 2. The highest BCUT2D eigenvalue weighted by molar-refractivity contribution is 6.02. The van der Waals surface area contributed by atoms with Crippen LogP contribution >= 0.6 is 0 Å². The van der Waals surface area contributed by atoms with E-state index in [1.807, 2.05) is 0 Å². The van der Waals surface area contributed by atoms with E-state index >= 15 is 0 Å². The number of piperidine rings is 1. The summed E-state index contributed by atoms with van der Waals surface area (Å²) in [6.07, 6.45) is 0. The van der Waals surface area contributed by atoms with Crippen LogP contribution in [-0.2, 0) is 0 Å². The Kier molecular flexibility index (Phi) is 6.06. The Morgan fingerprint density at radius 3 is 1.84 bits per heavy atom. The van der Waals surface area contributed by atoms with Gasteiger partial charge >= 0.3 is 0 Å². The fraction of sp³-hybridized carbons (Fsp3) is 0.231. The predicted octanol–water partition coefficient (Wildman–Crippen LogP) is 4.23. The minimum Gasteiger partial charge on any atom is -0.508 e. The monoisotopic (exact) mass is 433 g/mol. The highest BCUT2D eigenvalue weighted by Crippen LogP contribution is 2.40. The molecule has 1 unspecified atom stereocenters. The number of benzene rings is 3. The molecule has 0 amide bonds. The molecule has 0 bridgehead atoms. The zero-order valence-corrected chi connectivity index (χ0v) is 17.6. The summed E-state index contributed by atoms with van der Waals surface area (Å²) in [5.41, 5.74) is 1.69. The molecule has 4 rings (SSSR count). The summed E-state index contributed by atoms with van der Waals surface area (Å²) in [6, 6.07) is 16.9. The summed E-state index contributed by atoms with van der Waals surface area (Å²) < 4.78 is 14.5. The first kappa shape index (κ1) is 21.7. The van der Waals surface area contributed by atoms with Crippen molar-refractivity contribution in [2.24, 2.45) is 11.8 Å². The van der Waals surface area contributed by atoms with Crippen molar-refractivity contribution in [2.45, 2.75) is 12.8 Å². The van der Waals surface area contributed by atoms with Gasteiger partial charge in [-0.25, -0.2) is 4.39 Å². The molecular weight excluding hydrogens is 409 g/mol. The second kappa shape index (κ2) is 8.93. The van der Waals surface area contributed by atoms with Gasteiger partial charge in [0.25, 0.3) is 0 Å². The van der Waals surface area contributed by atoms with Gasteiger partial charge in [0.15, 0.2) is 11.6 Å². The van der Waals surface area contributed by atoms with E-state index < -0.39 is 23.6 Å². The third-order valence-corrected chi connectivity index (χ3v) is 6.20. The Hall–Kier alpha value is -3.51. The Balaban J connectivity index is 1.81. The molecular formula is C26H24FNO4. The van der Waals surface area contributed by atoms with Crippen LogP contribution in [0.2, 0.25) is 0 Å². The van der Waals surface area contributed by atoms with Crippen LogP contribution in [0.4, 0.5) is 4.39 Å². The van der Waals surface area contributed by atoms with Crippen LogP contribution in [0.1, 0.15) is 37.8 Å². The number of phenols is 2. The van der Waals surface area contributed by atoms with Gasteiger partial charge in [-0.3, -0.25) is 9.59 Å². The highest BCUT2D eigenvalue weighted by Gasteiger charge is 2.43. The third-order valence-electron chi connectivity index (χ3n) is 6.20. The quantitative estimate of drug-likeness (QED) is 0.524. The van der Waals surface area contributed by atoms with Crippen molar-refractivity contribution in [1.82, 2.24) is 5.32 Å². The van der Waals surface area contributed by atoms with Gasteiger partial charge in [-0.05, 0) is 48.4 Å². The van der Waals surface area contributed by atoms with Crippen LogP contribution in [0, 0.1) is 24.6 Å². The van der Waals surface area contributed by atoms with E-state index in [2.05, 4.69) is 5.32 Å². The van der Waals surface area contributed by atoms with E-state index in [0.717, 1.165) is 0 Å². The van der Waals surface area contributed by atoms with E-state index in [0.29, 0.717) is 35.3 Å². The van der Waals surface area contributed by atoms with Gasteiger partial charge in [0.05, 0.1) is 0 Å². The number of nitrogens with one attached hydrogen (secondary N) is 1. The molecule has 3 N–H and O–H groups in total. The smallest absolute Gasteiger partial charge is 0.167 e. The van der Waals surface area contributed by atoms with Crippen LogP contribution in [0.3, 0.4) is 0 Å². The van der Waals surface area contributed by atoms with Gasteiger partial charge in [0.1, 0.15) is 17.3 Å². The first-order chi connectivity index (χ1) is 15.4. The van der Waals surface area contributed by atoms with Crippen LogP contribution < -0.4 is 5.32 Å². The lowest BCUT2D eigenvalue weighted by atomic mass is 9.68. The van der Waals surface area contributed by atoms with Crippen LogP contribution in [-0.4, -0.2) is 34.9 Å². The summed E-state index contributed by atoms with van der Waals surface area (Å²) in [4.78, 5) is 27.0. The number of carbonyl (C=O) groups is 2. The van der Waals surface area contributed by atoms with Crippen LogP contribution in [0.15, 0.2) is 66.7 Å². The fourth-order valence-corrected chi connectivity index (χ4v) is 4.61. The normalized spacial score (nSPS) is 20.6. The maximum absolute atomic E-state index is 14.5. The molecule has 0 aromatic heterocycles. The van der Waals surface area contributed by atoms with Crippen LogP contribution in [0.5, 0.6) is 11.5 Å². The SMILES string of the molecule is Cc1c(F)cccc1C1[C@@H](C(=O)c2cccc(O)c2)CNC[C@H]1C(=O)c1cccc(O)c1. The fourth-order valence-electron chi connectivity index (χ4n) is 4.61. The van der Waals surface area contributed by atoms with E-state index in [1.54, 1.807) is 43.3 Å². The van der Waals surface area contributed by atoms with E-state index in [-0.39, 0.29) is 23.1 Å². The van der Waals surface area contributed by atoms with Crippen molar-refractivity contribution in [3.8, 4) is 11.5 Å². The molecule has 6 heteroatoms. The lowest BCUT2D eigenvalue weighted by Gasteiger charge is -2.38. The van der Waals surface area contributed by atoms with E-state index in [4.69, 9.17) is 0 Å². The number of phenolic OH excluding ortho intramolecular Hbond substituents is 2. The van der Waals surface area contributed by atoms with E-state index in [9.17, 15) is 24.2 Å². The van der Waals surface area contributed by atoms with Gasteiger partial charge in [0, 0.05) is 42.0 Å². The number of hydrogen-bond donors (Lipinski definition) is 3. The maximum Gasteiger partial charge on any atom is 0.167 e. The molecule has 3 aromatic carbocycles. The van der Waals surface area contributed by atoms with Gasteiger partial charge < -0.3 is 15.5 Å². The molecule has 0 radical (unpaired) electrons. The molecule has 0 aliphatic carbocycles. The third kappa shape index (κ3) is 4.14. The topological polar surface area (TPSA) is 86.6 Å². The second-order valence-corrected chi connectivity index (χ2v) is 8.18. The molecule has 3 aromatic rings. The lowest BCUT2D eigenvalue weighted by Crippen LogP contribution is -2.48. The molecule has 1 aliphatic rings. The maximum atomic E-state index is 14.5. The molecule has 1 heterocycles. The minimum absolute atomic E-state index is 0.0227. The van der Waals surface area contributed by atoms with Crippen molar-refractivity contribution < 1.29 is 24.2 Å². The first-order valence-electron chi connectivity index (χ1n) is 10.5. The van der Waals surface area contributed by atoms with E-state index in [1.165, 1.54) is 30.3 Å². The number of halogens is 1. The summed E-state index contributed by atoms with van der Waals surface area (Å²) in [5, 5.41) is 22.9. The summed E-state index contributed by atoms with van der Waals surface area (Å²) in [6.45, 7) is 2.29. The zero-order chi connectivity index (χ0) is 22.8. The molecule has 1 saturated heterocycles. The molecule has 0 spiro atoms. The molecule has 5 nitrogen and oxygen atoms in total. The lowest BCUT2D eigenvalue weighted by molar-refractivity contribution is 0.0767. The number of carbonyl (C=O) groups excluding carboxylic acids is 2. The number of aromatic hydroxyl groups is 2. The predicted molar refractivity (Wildman–Crippen MR) is 119 cm³/mol. The van der Waals surface area contributed by atoms with Crippen molar-refractivity contribution >= 4 is 11.6 Å². The number of rotatable bonds is 5. The van der Waals surface area contributed by atoms with Gasteiger partial charge in [-0.2, -0.15) is 0 Å². The Morgan fingerprint density at radius 2 is 1.34 bits per heavy atom. The number of hydrogen-bond acceptors (Lipinski definition) is 5. The molecule has 32 heavy (non-hydrogen) atoms. The average molecular weight is 433 g/mol. The van der Waals surface area contributed by atoms with Crippen molar-refractivity contribution in [2.75, 3.05) is 13.1 Å². The zero-order valence-electron chi connectivity index (χ0n) is 17.6. The Bertz CT molecular complexity index is 1110. The largest absolute Gasteiger partial charge is 0.508 e. The molecule has 1 aliphatic heterocycles. The van der Waals surface area contributed by atoms with Crippen molar-refractivity contribution in [3.05, 3.63) is 94.8 Å². The highest BCUT2D eigenvalue weighted by atomic mass is 19.1. The second-order valence-electron chi connectivity index (χ2n) is 8.18. The first-order valence-corrected chi connectivity index (χ1v) is 10.5. The van der Waals surface area contributed by atoms with Crippen molar-refractivity contribution in [1.29, 1.82) is 0 Å². The van der Waals surface area contributed by atoms with Crippen molar-refractivity contribution in [3.63, 3.8) is 0 Å². The Morgan fingerprint density at radius 1 is 0.844 bits per heavy atom. The molecule has 164 valence electrons. The Labute approximate surface area is 185 Å². The summed E-state index contributed by atoms with van der Waals surface area (Å²) in [5.74, 6) is -2.75.